The summed E-state index contributed by atoms with van der Waals surface area (Å²) in [6.45, 7) is 9.45. The van der Waals surface area contributed by atoms with Gasteiger partial charge in [0.2, 0.25) is 0 Å². The Balaban J connectivity index is 2.70. The second-order valence-electron chi connectivity index (χ2n) is 5.66. The van der Waals surface area contributed by atoms with Crippen LogP contribution in [0.1, 0.15) is 34.1 Å². The summed E-state index contributed by atoms with van der Waals surface area (Å²) in [7, 11) is 0. The van der Waals surface area contributed by atoms with Gasteiger partial charge in [-0.25, -0.2) is 4.79 Å². The van der Waals surface area contributed by atoms with Gasteiger partial charge in [-0.15, -0.1) is 0 Å². The third-order valence-corrected chi connectivity index (χ3v) is 2.36. The minimum Gasteiger partial charge on any atom is -0.383 e. The van der Waals surface area contributed by atoms with Crippen molar-refractivity contribution in [2.24, 2.45) is 11.3 Å². The molecule has 0 aliphatic carbocycles. The van der Waals surface area contributed by atoms with E-state index in [0.29, 0.717) is 12.5 Å². The molecule has 0 bridgehead atoms. The lowest BCUT2D eigenvalue weighted by molar-refractivity contribution is 0.283. The molecule has 0 saturated carbocycles. The summed E-state index contributed by atoms with van der Waals surface area (Å²) < 4.78 is 1.62. The summed E-state index contributed by atoms with van der Waals surface area (Å²) in [5.41, 5.74) is 5.45. The average molecular weight is 223 g/mol. The predicted molar refractivity (Wildman–Crippen MR) is 66.1 cm³/mol. The standard InChI is InChI=1S/C12H21N3O/c1-9(7-12(2,3)4)8-15-6-5-10(13)14-11(15)16/h5-6,9H,7-8H2,1-4H3,(H2,13,14,16)/t9-/m0/s1. The third-order valence-electron chi connectivity index (χ3n) is 2.36. The van der Waals surface area contributed by atoms with Crippen LogP contribution in [0.3, 0.4) is 0 Å². The molecule has 0 spiro atoms. The van der Waals surface area contributed by atoms with Crippen LogP contribution < -0.4 is 11.4 Å². The molecule has 90 valence electrons. The van der Waals surface area contributed by atoms with Gasteiger partial charge >= 0.3 is 5.69 Å². The minimum absolute atomic E-state index is 0.263. The van der Waals surface area contributed by atoms with Crippen LogP contribution >= 0.6 is 0 Å². The molecule has 1 rings (SSSR count). The van der Waals surface area contributed by atoms with Crippen LogP contribution in [0.25, 0.3) is 0 Å². The van der Waals surface area contributed by atoms with E-state index in [4.69, 9.17) is 5.73 Å². The van der Waals surface area contributed by atoms with Crippen LogP contribution in [-0.2, 0) is 6.54 Å². The van der Waals surface area contributed by atoms with E-state index in [0.717, 1.165) is 6.42 Å². The molecule has 0 aliphatic rings. The first-order valence-corrected chi connectivity index (χ1v) is 5.61. The van der Waals surface area contributed by atoms with Crippen molar-refractivity contribution >= 4 is 5.82 Å². The van der Waals surface area contributed by atoms with Crippen molar-refractivity contribution in [3.63, 3.8) is 0 Å². The molecule has 2 N–H and O–H groups in total. The van der Waals surface area contributed by atoms with Gasteiger partial charge in [0.1, 0.15) is 5.82 Å². The van der Waals surface area contributed by atoms with Crippen LogP contribution in [0.15, 0.2) is 17.1 Å². The maximum atomic E-state index is 11.5. The summed E-state index contributed by atoms with van der Waals surface area (Å²) in [6, 6.07) is 1.66. The molecule has 0 aliphatic heterocycles. The van der Waals surface area contributed by atoms with Crippen molar-refractivity contribution in [1.82, 2.24) is 9.55 Å². The molecule has 16 heavy (non-hydrogen) atoms. The molecule has 4 nitrogen and oxygen atoms in total. The van der Waals surface area contributed by atoms with Gasteiger partial charge in [0.15, 0.2) is 0 Å². The SMILES string of the molecule is C[C@H](Cn1ccc(N)nc1=O)CC(C)(C)C. The van der Waals surface area contributed by atoms with Crippen molar-refractivity contribution in [3.8, 4) is 0 Å². The van der Waals surface area contributed by atoms with Crippen molar-refractivity contribution < 1.29 is 0 Å². The second-order valence-corrected chi connectivity index (χ2v) is 5.66. The zero-order chi connectivity index (χ0) is 12.3. The zero-order valence-electron chi connectivity index (χ0n) is 10.5. The molecule has 1 aromatic rings. The first-order chi connectivity index (χ1) is 7.28. The van der Waals surface area contributed by atoms with Gasteiger partial charge in [-0.1, -0.05) is 27.7 Å². The number of aromatic nitrogens is 2. The van der Waals surface area contributed by atoms with E-state index in [2.05, 4.69) is 32.7 Å². The topological polar surface area (TPSA) is 60.9 Å². The predicted octanol–water partition coefficient (Wildman–Crippen LogP) is 1.90. The molecule has 0 saturated heterocycles. The first-order valence-electron chi connectivity index (χ1n) is 5.61. The third kappa shape index (κ3) is 4.04. The Morgan fingerprint density at radius 1 is 1.50 bits per heavy atom. The molecule has 0 radical (unpaired) electrons. The van der Waals surface area contributed by atoms with Crippen LogP contribution in [-0.4, -0.2) is 9.55 Å². The molecule has 1 atom stereocenters. The van der Waals surface area contributed by atoms with Gasteiger partial charge in [0, 0.05) is 12.7 Å². The Morgan fingerprint density at radius 2 is 2.12 bits per heavy atom. The van der Waals surface area contributed by atoms with Gasteiger partial charge in [-0.3, -0.25) is 4.57 Å². The van der Waals surface area contributed by atoms with E-state index < -0.39 is 0 Å². The number of nitrogens with zero attached hydrogens (tertiary/aromatic N) is 2. The number of anilines is 1. The average Bonchev–Trinajstić information content (AvgIpc) is 2.06. The summed E-state index contributed by atoms with van der Waals surface area (Å²) in [5, 5.41) is 0. The summed E-state index contributed by atoms with van der Waals surface area (Å²) in [5.74, 6) is 0.729. The zero-order valence-corrected chi connectivity index (χ0v) is 10.5. The van der Waals surface area contributed by atoms with Crippen LogP contribution in [0.5, 0.6) is 0 Å². The molecule has 0 amide bonds. The van der Waals surface area contributed by atoms with Gasteiger partial charge in [0.25, 0.3) is 0 Å². The van der Waals surface area contributed by atoms with Crippen LogP contribution in [0, 0.1) is 11.3 Å². The van der Waals surface area contributed by atoms with Gasteiger partial charge < -0.3 is 5.73 Å². The summed E-state index contributed by atoms with van der Waals surface area (Å²) in [4.78, 5) is 15.2. The van der Waals surface area contributed by atoms with Gasteiger partial charge in [-0.05, 0) is 23.8 Å². The van der Waals surface area contributed by atoms with E-state index in [1.165, 1.54) is 0 Å². The molecule has 1 heterocycles. The second kappa shape index (κ2) is 4.68. The van der Waals surface area contributed by atoms with Crippen LogP contribution in [0.2, 0.25) is 0 Å². The first kappa shape index (κ1) is 12.7. The summed E-state index contributed by atoms with van der Waals surface area (Å²) >= 11 is 0. The van der Waals surface area contributed by atoms with E-state index in [-0.39, 0.29) is 16.9 Å². The Bertz CT molecular complexity index is 403. The number of hydrogen-bond acceptors (Lipinski definition) is 3. The fourth-order valence-electron chi connectivity index (χ4n) is 2.03. The molecule has 4 heteroatoms. The molecular weight excluding hydrogens is 202 g/mol. The minimum atomic E-state index is -0.263. The molecule has 0 aromatic carbocycles. The number of nitrogens with two attached hydrogens (primary N) is 1. The maximum absolute atomic E-state index is 11.5. The molecule has 0 fully saturated rings. The van der Waals surface area contributed by atoms with E-state index >= 15 is 0 Å². The van der Waals surface area contributed by atoms with E-state index in [1.54, 1.807) is 16.8 Å². The Kier molecular flexibility index (Phi) is 3.73. The normalized spacial score (nSPS) is 13.8. The number of rotatable bonds is 3. The maximum Gasteiger partial charge on any atom is 0.349 e. The molecule has 0 unspecified atom stereocenters. The fraction of sp³-hybridized carbons (Fsp3) is 0.667. The van der Waals surface area contributed by atoms with Gasteiger partial charge in [-0.2, -0.15) is 4.98 Å². The van der Waals surface area contributed by atoms with E-state index in [1.807, 2.05) is 0 Å². The van der Waals surface area contributed by atoms with Crippen molar-refractivity contribution in [3.05, 3.63) is 22.7 Å². The smallest absolute Gasteiger partial charge is 0.349 e. The Hall–Kier alpha value is -1.32. The Morgan fingerprint density at radius 3 is 2.62 bits per heavy atom. The molecular formula is C12H21N3O. The largest absolute Gasteiger partial charge is 0.383 e. The van der Waals surface area contributed by atoms with Crippen molar-refractivity contribution in [2.45, 2.75) is 40.7 Å². The van der Waals surface area contributed by atoms with Crippen LogP contribution in [0.4, 0.5) is 5.82 Å². The highest BCUT2D eigenvalue weighted by molar-refractivity contribution is 5.23. The lowest BCUT2D eigenvalue weighted by Crippen LogP contribution is -2.27. The van der Waals surface area contributed by atoms with Gasteiger partial charge in [0.05, 0.1) is 0 Å². The summed E-state index contributed by atoms with van der Waals surface area (Å²) in [6.07, 6.45) is 2.79. The van der Waals surface area contributed by atoms with Crippen molar-refractivity contribution in [1.29, 1.82) is 0 Å². The highest BCUT2D eigenvalue weighted by Crippen LogP contribution is 2.24. The number of hydrogen-bond donors (Lipinski definition) is 1. The Labute approximate surface area is 96.5 Å². The highest BCUT2D eigenvalue weighted by Gasteiger charge is 2.15. The quantitative estimate of drug-likeness (QED) is 0.851. The lowest BCUT2D eigenvalue weighted by Gasteiger charge is -2.23. The van der Waals surface area contributed by atoms with E-state index in [9.17, 15) is 4.79 Å². The lowest BCUT2D eigenvalue weighted by atomic mass is 9.85. The monoisotopic (exact) mass is 223 g/mol. The fourth-order valence-corrected chi connectivity index (χ4v) is 2.03. The van der Waals surface area contributed by atoms with Crippen molar-refractivity contribution in [2.75, 3.05) is 5.73 Å². The molecule has 1 aromatic heterocycles. The number of nitrogen functional groups attached to an aromatic ring is 1. The highest BCUT2D eigenvalue weighted by atomic mass is 16.1.